The van der Waals surface area contributed by atoms with Crippen LogP contribution in [0.2, 0.25) is 0 Å². The zero-order valence-electron chi connectivity index (χ0n) is 13.1. The van der Waals surface area contributed by atoms with Crippen LogP contribution >= 0.6 is 0 Å². The third-order valence-electron chi connectivity index (χ3n) is 4.50. The van der Waals surface area contributed by atoms with Crippen LogP contribution in [0.3, 0.4) is 0 Å². The predicted octanol–water partition coefficient (Wildman–Crippen LogP) is 2.45. The smallest absolute Gasteiger partial charge is 0.223 e. The molecule has 1 aliphatic carbocycles. The highest BCUT2D eigenvalue weighted by molar-refractivity contribution is 5.78. The molecule has 3 N–H and O–H groups in total. The highest BCUT2D eigenvalue weighted by atomic mass is 16.1. The first-order chi connectivity index (χ1) is 10.1. The molecule has 1 aliphatic rings. The van der Waals surface area contributed by atoms with E-state index in [0.717, 1.165) is 25.7 Å². The third-order valence-corrected chi connectivity index (χ3v) is 4.50. The summed E-state index contributed by atoms with van der Waals surface area (Å²) in [6, 6.07) is 4.22. The topological polar surface area (TPSA) is 68.0 Å². The molecule has 21 heavy (non-hydrogen) atoms. The lowest BCUT2D eigenvalue weighted by Crippen LogP contribution is -2.39. The molecule has 1 aromatic heterocycles. The number of amides is 1. The number of hydrogen-bond donors (Lipinski definition) is 2. The molecule has 3 atom stereocenters. The van der Waals surface area contributed by atoms with E-state index < -0.39 is 0 Å². The summed E-state index contributed by atoms with van der Waals surface area (Å²) in [7, 11) is 0. The molecule has 0 bridgehead atoms. The second-order valence-corrected chi connectivity index (χ2v) is 6.51. The molecule has 116 valence electrons. The van der Waals surface area contributed by atoms with Gasteiger partial charge in [0.25, 0.3) is 0 Å². The van der Waals surface area contributed by atoms with Crippen molar-refractivity contribution in [1.29, 1.82) is 0 Å². The summed E-state index contributed by atoms with van der Waals surface area (Å²) in [6.45, 7) is 5.04. The van der Waals surface area contributed by atoms with Crippen molar-refractivity contribution in [1.82, 2.24) is 10.3 Å². The normalized spacial score (nSPS) is 23.8. The number of nitrogens with two attached hydrogens (primary N) is 1. The van der Waals surface area contributed by atoms with E-state index in [-0.39, 0.29) is 17.9 Å². The number of nitrogens with zero attached hydrogens (tertiary/aromatic N) is 1. The molecular formula is C17H27N3O. The van der Waals surface area contributed by atoms with E-state index in [1.54, 1.807) is 6.20 Å². The van der Waals surface area contributed by atoms with Gasteiger partial charge in [0.1, 0.15) is 0 Å². The maximum Gasteiger partial charge on any atom is 0.223 e. The van der Waals surface area contributed by atoms with E-state index >= 15 is 0 Å². The minimum Gasteiger partial charge on any atom is -0.355 e. The van der Waals surface area contributed by atoms with E-state index in [1.165, 1.54) is 5.56 Å². The third kappa shape index (κ3) is 4.53. The molecule has 1 aromatic rings. The average Bonchev–Trinajstić information content (AvgIpc) is 2.48. The van der Waals surface area contributed by atoms with Crippen LogP contribution in [0.4, 0.5) is 0 Å². The molecule has 3 unspecified atom stereocenters. The Bertz CT molecular complexity index is 447. The average molecular weight is 289 g/mol. The van der Waals surface area contributed by atoms with Crippen LogP contribution in [0, 0.1) is 11.8 Å². The van der Waals surface area contributed by atoms with Gasteiger partial charge in [-0.3, -0.25) is 9.78 Å². The lowest BCUT2D eigenvalue weighted by Gasteiger charge is -2.27. The Hall–Kier alpha value is -1.42. The number of carbonyl (C=O) groups is 1. The van der Waals surface area contributed by atoms with Gasteiger partial charge < -0.3 is 11.1 Å². The zero-order valence-corrected chi connectivity index (χ0v) is 13.1. The van der Waals surface area contributed by atoms with Crippen molar-refractivity contribution in [2.24, 2.45) is 17.6 Å². The van der Waals surface area contributed by atoms with Crippen LogP contribution in [0.1, 0.15) is 51.0 Å². The molecule has 4 heteroatoms. The van der Waals surface area contributed by atoms with Crippen molar-refractivity contribution in [3.63, 3.8) is 0 Å². The first-order valence-corrected chi connectivity index (χ1v) is 8.01. The standard InChI is InChI=1S/C17H27N3O/c1-12(2)16(14-6-4-8-19-10-14)11-20-17(21)13-5-3-7-15(18)9-13/h4,6,8,10,12-13,15-16H,3,5,7,9,11,18H2,1-2H3,(H,20,21). The molecule has 1 heterocycles. The lowest BCUT2D eigenvalue weighted by molar-refractivity contribution is -0.126. The van der Waals surface area contributed by atoms with E-state index in [4.69, 9.17) is 5.73 Å². The highest BCUT2D eigenvalue weighted by Crippen LogP contribution is 2.25. The highest BCUT2D eigenvalue weighted by Gasteiger charge is 2.26. The van der Waals surface area contributed by atoms with Crippen LogP contribution in [0.25, 0.3) is 0 Å². The summed E-state index contributed by atoms with van der Waals surface area (Å²) < 4.78 is 0. The molecule has 0 saturated heterocycles. The van der Waals surface area contributed by atoms with Gasteiger partial charge in [0.05, 0.1) is 0 Å². The van der Waals surface area contributed by atoms with Crippen LogP contribution in [0.15, 0.2) is 24.5 Å². The van der Waals surface area contributed by atoms with Gasteiger partial charge in [-0.15, -0.1) is 0 Å². The second kappa shape index (κ2) is 7.55. The molecule has 0 spiro atoms. The van der Waals surface area contributed by atoms with Crippen molar-refractivity contribution in [2.75, 3.05) is 6.54 Å². The molecule has 0 aromatic carbocycles. The monoisotopic (exact) mass is 289 g/mol. The Morgan fingerprint density at radius 2 is 2.29 bits per heavy atom. The summed E-state index contributed by atoms with van der Waals surface area (Å²) in [5.41, 5.74) is 7.16. The Morgan fingerprint density at radius 1 is 1.48 bits per heavy atom. The fourth-order valence-electron chi connectivity index (χ4n) is 3.15. The largest absolute Gasteiger partial charge is 0.355 e. The Morgan fingerprint density at radius 3 is 2.90 bits per heavy atom. The molecule has 1 fully saturated rings. The van der Waals surface area contributed by atoms with Gasteiger partial charge in [0.2, 0.25) is 5.91 Å². The van der Waals surface area contributed by atoms with Gasteiger partial charge in [-0.1, -0.05) is 26.3 Å². The van der Waals surface area contributed by atoms with Crippen LogP contribution in [-0.2, 0) is 4.79 Å². The van der Waals surface area contributed by atoms with Crippen LogP contribution < -0.4 is 11.1 Å². The number of pyridine rings is 1. The van der Waals surface area contributed by atoms with E-state index in [2.05, 4.69) is 30.2 Å². The molecule has 2 rings (SSSR count). The van der Waals surface area contributed by atoms with Crippen molar-refractivity contribution >= 4 is 5.91 Å². The van der Waals surface area contributed by atoms with E-state index in [9.17, 15) is 4.79 Å². The van der Waals surface area contributed by atoms with Crippen molar-refractivity contribution in [2.45, 2.75) is 51.5 Å². The summed E-state index contributed by atoms with van der Waals surface area (Å²) in [5.74, 6) is 1.03. The minimum atomic E-state index is 0.0930. The van der Waals surface area contributed by atoms with Gasteiger partial charge >= 0.3 is 0 Å². The first-order valence-electron chi connectivity index (χ1n) is 8.01. The zero-order chi connectivity index (χ0) is 15.2. The SMILES string of the molecule is CC(C)C(CNC(=O)C1CCCC(N)C1)c1cccnc1. The first kappa shape index (κ1) is 16.0. The van der Waals surface area contributed by atoms with Crippen molar-refractivity contribution in [3.05, 3.63) is 30.1 Å². The molecule has 1 amide bonds. The Kier molecular flexibility index (Phi) is 5.74. The van der Waals surface area contributed by atoms with Gasteiger partial charge in [0.15, 0.2) is 0 Å². The van der Waals surface area contributed by atoms with Crippen molar-refractivity contribution < 1.29 is 4.79 Å². The van der Waals surface area contributed by atoms with E-state index in [1.807, 2.05) is 12.3 Å². The molecular weight excluding hydrogens is 262 g/mol. The number of rotatable bonds is 5. The predicted molar refractivity (Wildman–Crippen MR) is 84.8 cm³/mol. The molecule has 4 nitrogen and oxygen atoms in total. The number of nitrogens with one attached hydrogen (secondary N) is 1. The lowest BCUT2D eigenvalue weighted by atomic mass is 9.85. The van der Waals surface area contributed by atoms with Gasteiger partial charge in [-0.05, 0) is 36.8 Å². The Balaban J connectivity index is 1.91. The van der Waals surface area contributed by atoms with Crippen molar-refractivity contribution in [3.8, 4) is 0 Å². The minimum absolute atomic E-state index is 0.0930. The maximum absolute atomic E-state index is 12.3. The van der Waals surface area contributed by atoms with E-state index in [0.29, 0.717) is 18.4 Å². The van der Waals surface area contributed by atoms with Gasteiger partial charge in [0, 0.05) is 36.8 Å². The quantitative estimate of drug-likeness (QED) is 0.875. The maximum atomic E-state index is 12.3. The van der Waals surface area contributed by atoms with Gasteiger partial charge in [-0.2, -0.15) is 0 Å². The molecule has 0 aliphatic heterocycles. The summed E-state index contributed by atoms with van der Waals surface area (Å²) in [5, 5.41) is 3.13. The molecule has 0 radical (unpaired) electrons. The van der Waals surface area contributed by atoms with Crippen LogP contribution in [0.5, 0.6) is 0 Å². The second-order valence-electron chi connectivity index (χ2n) is 6.51. The number of aromatic nitrogens is 1. The number of carbonyl (C=O) groups excluding carboxylic acids is 1. The summed E-state index contributed by atoms with van der Waals surface area (Å²) in [6.07, 6.45) is 7.59. The number of hydrogen-bond acceptors (Lipinski definition) is 3. The molecule has 1 saturated carbocycles. The summed E-state index contributed by atoms with van der Waals surface area (Å²) in [4.78, 5) is 16.5. The Labute approximate surface area is 127 Å². The van der Waals surface area contributed by atoms with Crippen LogP contribution in [-0.4, -0.2) is 23.5 Å². The summed E-state index contributed by atoms with van der Waals surface area (Å²) >= 11 is 0. The fourth-order valence-corrected chi connectivity index (χ4v) is 3.15. The van der Waals surface area contributed by atoms with Gasteiger partial charge in [-0.25, -0.2) is 0 Å². The fraction of sp³-hybridized carbons (Fsp3) is 0.647.